The summed E-state index contributed by atoms with van der Waals surface area (Å²) < 4.78 is 0. The van der Waals surface area contributed by atoms with Gasteiger partial charge in [0.25, 0.3) is 0 Å². The molecule has 1 aliphatic rings. The van der Waals surface area contributed by atoms with Crippen LogP contribution < -0.4 is 5.32 Å². The van der Waals surface area contributed by atoms with Crippen molar-refractivity contribution in [2.45, 2.75) is 7.43 Å². The van der Waals surface area contributed by atoms with E-state index in [4.69, 9.17) is 0 Å². The van der Waals surface area contributed by atoms with E-state index in [0.717, 1.165) is 6.54 Å². The number of dihydropyridines is 1. The third-order valence-corrected chi connectivity index (χ3v) is 0.697. The third-order valence-electron chi connectivity index (χ3n) is 0.697. The van der Waals surface area contributed by atoms with Crippen LogP contribution in [0, 0.1) is 0 Å². The number of hydrogen-bond acceptors (Lipinski definition) is 1. The van der Waals surface area contributed by atoms with Gasteiger partial charge >= 0.3 is 0 Å². The summed E-state index contributed by atoms with van der Waals surface area (Å²) >= 11 is 0. The summed E-state index contributed by atoms with van der Waals surface area (Å²) in [4.78, 5) is 0. The van der Waals surface area contributed by atoms with Crippen LogP contribution in [0.15, 0.2) is 24.4 Å². The van der Waals surface area contributed by atoms with E-state index in [2.05, 4.69) is 11.4 Å². The smallest absolute Gasteiger partial charge is 0.0328 e. The van der Waals surface area contributed by atoms with Gasteiger partial charge < -0.3 is 5.32 Å². The molecule has 0 atom stereocenters. The predicted octanol–water partition coefficient (Wildman–Crippen LogP) is 1.30. The molecule has 0 saturated heterocycles. The molecule has 1 aliphatic heterocycles. The van der Waals surface area contributed by atoms with Crippen molar-refractivity contribution in [3.63, 3.8) is 0 Å². The average Bonchev–Trinajstić information content (AvgIpc) is 1.72. The molecule has 1 rings (SSSR count). The molecule has 0 aliphatic carbocycles. The van der Waals surface area contributed by atoms with Crippen molar-refractivity contribution in [3.8, 4) is 0 Å². The molecule has 1 heteroatoms. The van der Waals surface area contributed by atoms with Crippen LogP contribution in [0.5, 0.6) is 0 Å². The van der Waals surface area contributed by atoms with Gasteiger partial charge in [0.1, 0.15) is 0 Å². The highest BCUT2D eigenvalue weighted by atomic mass is 14.8. The quantitative estimate of drug-likeness (QED) is 0.480. The first-order valence-electron chi connectivity index (χ1n) is 2.05. The Hall–Kier alpha value is -0.720. The van der Waals surface area contributed by atoms with Gasteiger partial charge in [-0.15, -0.1) is 0 Å². The summed E-state index contributed by atoms with van der Waals surface area (Å²) in [6, 6.07) is 0. The zero-order chi connectivity index (χ0) is 4.24. The highest BCUT2D eigenvalue weighted by molar-refractivity contribution is 5.06. The van der Waals surface area contributed by atoms with Crippen LogP contribution in [0.25, 0.3) is 0 Å². The van der Waals surface area contributed by atoms with Crippen molar-refractivity contribution in [1.29, 1.82) is 0 Å². The summed E-state index contributed by atoms with van der Waals surface area (Å²) in [5, 5.41) is 3.02. The minimum absolute atomic E-state index is 0. The first-order chi connectivity index (χ1) is 3.00. The second-order valence-corrected chi connectivity index (χ2v) is 1.20. The van der Waals surface area contributed by atoms with Crippen LogP contribution in [0.2, 0.25) is 0 Å². The van der Waals surface area contributed by atoms with E-state index in [-0.39, 0.29) is 7.43 Å². The summed E-state index contributed by atoms with van der Waals surface area (Å²) in [5.74, 6) is 0. The normalized spacial score (nSPS) is 14.9. The van der Waals surface area contributed by atoms with Crippen LogP contribution in [0.1, 0.15) is 7.43 Å². The van der Waals surface area contributed by atoms with Crippen LogP contribution >= 0.6 is 0 Å². The van der Waals surface area contributed by atoms with Gasteiger partial charge in [0.15, 0.2) is 0 Å². The Labute approximate surface area is 44.7 Å². The van der Waals surface area contributed by atoms with E-state index in [1.165, 1.54) is 0 Å². The number of nitrogens with one attached hydrogen (secondary N) is 1. The SMILES string of the molecule is C.C1=CCNC=C1. The standard InChI is InChI=1S/C5H7N.CH4/c1-2-4-6-5-3-1;/h1-4,6H,5H2;1H4. The minimum atomic E-state index is 0. The maximum Gasteiger partial charge on any atom is 0.0328 e. The summed E-state index contributed by atoms with van der Waals surface area (Å²) in [6.07, 6.45) is 8.00. The van der Waals surface area contributed by atoms with Gasteiger partial charge in [-0.2, -0.15) is 0 Å². The van der Waals surface area contributed by atoms with Crippen LogP contribution in [0.4, 0.5) is 0 Å². The Kier molecular flexibility index (Phi) is 3.11. The zero-order valence-electron chi connectivity index (χ0n) is 3.52. The lowest BCUT2D eigenvalue weighted by molar-refractivity contribution is 0.972. The lowest BCUT2D eigenvalue weighted by atomic mass is 10.4. The van der Waals surface area contributed by atoms with Gasteiger partial charge in [0.05, 0.1) is 0 Å². The van der Waals surface area contributed by atoms with Crippen LogP contribution in [0.3, 0.4) is 0 Å². The molecule has 1 N–H and O–H groups in total. The first-order valence-corrected chi connectivity index (χ1v) is 2.05. The third kappa shape index (κ3) is 2.04. The van der Waals surface area contributed by atoms with E-state index in [1.54, 1.807) is 0 Å². The monoisotopic (exact) mass is 97.1 g/mol. The zero-order valence-corrected chi connectivity index (χ0v) is 3.52. The minimum Gasteiger partial charge on any atom is -0.387 e. The second-order valence-electron chi connectivity index (χ2n) is 1.20. The maximum atomic E-state index is 3.02. The topological polar surface area (TPSA) is 12.0 Å². The number of allylic oxidation sites excluding steroid dienone is 2. The predicted molar refractivity (Wildman–Crippen MR) is 33.0 cm³/mol. The fraction of sp³-hybridized carbons (Fsp3) is 0.333. The average molecular weight is 97.2 g/mol. The van der Waals surface area contributed by atoms with E-state index in [1.807, 2.05) is 18.4 Å². The van der Waals surface area contributed by atoms with Crippen LogP contribution in [-0.2, 0) is 0 Å². The Morgan fingerprint density at radius 1 is 1.29 bits per heavy atom. The van der Waals surface area contributed by atoms with Crippen molar-refractivity contribution >= 4 is 0 Å². The van der Waals surface area contributed by atoms with E-state index in [0.29, 0.717) is 0 Å². The molecule has 7 heavy (non-hydrogen) atoms. The van der Waals surface area contributed by atoms with Crippen molar-refractivity contribution in [3.05, 3.63) is 24.4 Å². The van der Waals surface area contributed by atoms with Gasteiger partial charge in [-0.25, -0.2) is 0 Å². The molecule has 0 radical (unpaired) electrons. The largest absolute Gasteiger partial charge is 0.387 e. The highest BCUT2D eigenvalue weighted by Crippen LogP contribution is 1.78. The van der Waals surface area contributed by atoms with Crippen molar-refractivity contribution in [2.75, 3.05) is 6.54 Å². The van der Waals surface area contributed by atoms with E-state index >= 15 is 0 Å². The van der Waals surface area contributed by atoms with Gasteiger partial charge in [0, 0.05) is 6.54 Å². The fourth-order valence-corrected chi connectivity index (χ4v) is 0.406. The van der Waals surface area contributed by atoms with E-state index < -0.39 is 0 Å². The first kappa shape index (κ1) is 6.28. The van der Waals surface area contributed by atoms with Crippen molar-refractivity contribution in [1.82, 2.24) is 5.32 Å². The molecule has 0 spiro atoms. The van der Waals surface area contributed by atoms with Gasteiger partial charge in [-0.05, 0) is 12.3 Å². The molecule has 1 nitrogen and oxygen atoms in total. The lowest BCUT2D eigenvalue weighted by Gasteiger charge is -1.94. The molecular weight excluding hydrogens is 86.1 g/mol. The number of hydrogen-bond donors (Lipinski definition) is 1. The number of rotatable bonds is 0. The van der Waals surface area contributed by atoms with Gasteiger partial charge in [0.2, 0.25) is 0 Å². The highest BCUT2D eigenvalue weighted by Gasteiger charge is 1.73. The van der Waals surface area contributed by atoms with Crippen molar-refractivity contribution in [2.24, 2.45) is 0 Å². The molecule has 0 aromatic rings. The summed E-state index contributed by atoms with van der Waals surface area (Å²) in [6.45, 7) is 0.983. The second kappa shape index (κ2) is 3.47. The molecule has 40 valence electrons. The Balaban J connectivity index is 0.000000360. The maximum absolute atomic E-state index is 3.02. The molecule has 0 aromatic carbocycles. The fourth-order valence-electron chi connectivity index (χ4n) is 0.406. The molecule has 0 aromatic heterocycles. The van der Waals surface area contributed by atoms with Crippen molar-refractivity contribution < 1.29 is 0 Å². The molecule has 0 saturated carbocycles. The Morgan fingerprint density at radius 3 is 2.29 bits per heavy atom. The Morgan fingerprint density at radius 2 is 2.14 bits per heavy atom. The summed E-state index contributed by atoms with van der Waals surface area (Å²) in [7, 11) is 0. The molecule has 1 heterocycles. The molecule has 0 fully saturated rings. The van der Waals surface area contributed by atoms with E-state index in [9.17, 15) is 0 Å². The van der Waals surface area contributed by atoms with Gasteiger partial charge in [-0.3, -0.25) is 0 Å². The molecular formula is C6H11N. The molecule has 0 amide bonds. The lowest BCUT2D eigenvalue weighted by Crippen LogP contribution is -2.05. The molecule has 0 bridgehead atoms. The van der Waals surface area contributed by atoms with Crippen LogP contribution in [-0.4, -0.2) is 6.54 Å². The Bertz CT molecular complexity index is 70.2. The molecule has 0 unspecified atom stereocenters. The summed E-state index contributed by atoms with van der Waals surface area (Å²) in [5.41, 5.74) is 0. The van der Waals surface area contributed by atoms with Gasteiger partial charge in [-0.1, -0.05) is 19.6 Å².